The van der Waals surface area contributed by atoms with Crippen molar-refractivity contribution in [3.05, 3.63) is 30.2 Å². The lowest BCUT2D eigenvalue weighted by molar-refractivity contribution is 0.240. The topological polar surface area (TPSA) is 89.3 Å². The summed E-state index contributed by atoms with van der Waals surface area (Å²) in [5, 5.41) is 8.85. The van der Waals surface area contributed by atoms with E-state index in [0.717, 1.165) is 11.3 Å². The van der Waals surface area contributed by atoms with Gasteiger partial charge in [0.25, 0.3) is 0 Å². The van der Waals surface area contributed by atoms with E-state index in [4.69, 9.17) is 9.26 Å². The molecule has 19 heavy (non-hydrogen) atoms. The van der Waals surface area contributed by atoms with Crippen LogP contribution in [0.1, 0.15) is 5.89 Å². The highest BCUT2D eigenvalue weighted by molar-refractivity contribution is 5.73. The number of carbonyl (C=O) groups is 1. The van der Waals surface area contributed by atoms with E-state index in [9.17, 15) is 4.79 Å². The number of ether oxygens (including phenoxy) is 1. The largest absolute Gasteiger partial charge is 0.497 e. The molecule has 7 heteroatoms. The molecule has 0 fully saturated rings. The fourth-order valence-electron chi connectivity index (χ4n) is 1.43. The van der Waals surface area contributed by atoms with Crippen LogP contribution in [0.3, 0.4) is 0 Å². The molecule has 0 saturated heterocycles. The lowest BCUT2D eigenvalue weighted by Gasteiger charge is -1.99. The summed E-state index contributed by atoms with van der Waals surface area (Å²) in [6, 6.07) is 6.99. The van der Waals surface area contributed by atoms with Crippen molar-refractivity contribution >= 4 is 6.03 Å². The summed E-state index contributed by atoms with van der Waals surface area (Å²) in [5.74, 6) is 1.57. The Hall–Kier alpha value is -2.57. The van der Waals surface area contributed by atoms with Gasteiger partial charge in [-0.05, 0) is 24.3 Å². The van der Waals surface area contributed by atoms with Gasteiger partial charge in [0.05, 0.1) is 13.7 Å². The fraction of sp³-hybridized carbons (Fsp3) is 0.250. The van der Waals surface area contributed by atoms with Crippen LogP contribution in [0.5, 0.6) is 5.75 Å². The number of hydrogen-bond acceptors (Lipinski definition) is 5. The SMILES string of the molecule is CNC(=O)NCc1nc(-c2ccc(OC)cc2)no1. The van der Waals surface area contributed by atoms with Crippen LogP contribution in [-0.4, -0.2) is 30.3 Å². The molecule has 0 unspecified atom stereocenters. The molecule has 7 nitrogen and oxygen atoms in total. The van der Waals surface area contributed by atoms with Crippen molar-refractivity contribution in [2.24, 2.45) is 0 Å². The lowest BCUT2D eigenvalue weighted by Crippen LogP contribution is -2.32. The average molecular weight is 262 g/mol. The second-order valence-electron chi connectivity index (χ2n) is 3.67. The molecule has 2 amide bonds. The first-order chi connectivity index (χ1) is 9.22. The van der Waals surface area contributed by atoms with Gasteiger partial charge in [-0.25, -0.2) is 4.79 Å². The van der Waals surface area contributed by atoms with Gasteiger partial charge >= 0.3 is 6.03 Å². The number of nitrogens with zero attached hydrogens (tertiary/aromatic N) is 2. The fourth-order valence-corrected chi connectivity index (χ4v) is 1.43. The predicted octanol–water partition coefficient (Wildman–Crippen LogP) is 1.17. The minimum absolute atomic E-state index is 0.183. The molecule has 1 aromatic heterocycles. The number of carbonyl (C=O) groups excluding carboxylic acids is 1. The number of amides is 2. The molecule has 2 rings (SSSR count). The van der Waals surface area contributed by atoms with Crippen LogP contribution in [0.25, 0.3) is 11.4 Å². The van der Waals surface area contributed by atoms with Crippen LogP contribution in [0.4, 0.5) is 4.79 Å². The molecule has 0 aliphatic heterocycles. The minimum Gasteiger partial charge on any atom is -0.497 e. The van der Waals surface area contributed by atoms with Crippen molar-refractivity contribution < 1.29 is 14.1 Å². The zero-order chi connectivity index (χ0) is 13.7. The van der Waals surface area contributed by atoms with Crippen molar-refractivity contribution in [2.45, 2.75) is 6.54 Å². The van der Waals surface area contributed by atoms with Gasteiger partial charge in [0, 0.05) is 12.6 Å². The molecule has 0 radical (unpaired) electrons. The van der Waals surface area contributed by atoms with Gasteiger partial charge in [-0.15, -0.1) is 0 Å². The third kappa shape index (κ3) is 3.21. The molecular weight excluding hydrogens is 248 g/mol. The maximum atomic E-state index is 11.0. The summed E-state index contributed by atoms with van der Waals surface area (Å²) in [6.07, 6.45) is 0. The standard InChI is InChI=1S/C12H14N4O3/c1-13-12(17)14-7-10-15-11(16-19-10)8-3-5-9(18-2)6-4-8/h3-6H,7H2,1-2H3,(H2,13,14,17). The first-order valence-electron chi connectivity index (χ1n) is 5.65. The van der Waals surface area contributed by atoms with Crippen molar-refractivity contribution in [2.75, 3.05) is 14.2 Å². The van der Waals surface area contributed by atoms with Gasteiger partial charge in [0.1, 0.15) is 5.75 Å². The molecule has 0 atom stereocenters. The highest BCUT2D eigenvalue weighted by Gasteiger charge is 2.09. The van der Waals surface area contributed by atoms with Crippen molar-refractivity contribution in [1.82, 2.24) is 20.8 Å². The highest BCUT2D eigenvalue weighted by atomic mass is 16.5. The van der Waals surface area contributed by atoms with Gasteiger partial charge < -0.3 is 19.9 Å². The highest BCUT2D eigenvalue weighted by Crippen LogP contribution is 2.19. The van der Waals surface area contributed by atoms with Crippen molar-refractivity contribution in [3.63, 3.8) is 0 Å². The Morgan fingerprint density at radius 3 is 2.74 bits per heavy atom. The molecule has 0 spiro atoms. The Labute approximate surface area is 110 Å². The summed E-state index contributed by atoms with van der Waals surface area (Å²) in [5.41, 5.74) is 0.816. The second kappa shape index (κ2) is 5.85. The molecule has 1 aromatic carbocycles. The van der Waals surface area contributed by atoms with E-state index in [0.29, 0.717) is 11.7 Å². The number of rotatable bonds is 4. The number of methoxy groups -OCH3 is 1. The summed E-state index contributed by atoms with van der Waals surface area (Å²) in [7, 11) is 3.14. The molecule has 2 aromatic rings. The Balaban J connectivity index is 2.05. The minimum atomic E-state index is -0.302. The van der Waals surface area contributed by atoms with E-state index < -0.39 is 0 Å². The number of benzene rings is 1. The third-order valence-corrected chi connectivity index (χ3v) is 2.44. The van der Waals surface area contributed by atoms with Gasteiger partial charge in [-0.1, -0.05) is 5.16 Å². The monoisotopic (exact) mass is 262 g/mol. The Morgan fingerprint density at radius 2 is 2.11 bits per heavy atom. The van der Waals surface area contributed by atoms with E-state index in [1.54, 1.807) is 7.11 Å². The first-order valence-corrected chi connectivity index (χ1v) is 5.65. The van der Waals surface area contributed by atoms with Gasteiger partial charge in [-0.2, -0.15) is 4.98 Å². The molecule has 0 aliphatic carbocycles. The number of hydrogen-bond donors (Lipinski definition) is 2. The second-order valence-corrected chi connectivity index (χ2v) is 3.67. The average Bonchev–Trinajstić information content (AvgIpc) is 2.93. The summed E-state index contributed by atoms with van der Waals surface area (Å²) in [6.45, 7) is 0.183. The Kier molecular flexibility index (Phi) is 3.97. The summed E-state index contributed by atoms with van der Waals surface area (Å²) < 4.78 is 10.1. The van der Waals surface area contributed by atoms with Gasteiger partial charge in [-0.3, -0.25) is 0 Å². The van der Waals surface area contributed by atoms with Gasteiger partial charge in [0.15, 0.2) is 0 Å². The molecule has 100 valence electrons. The molecule has 1 heterocycles. The van der Waals surface area contributed by atoms with E-state index in [1.165, 1.54) is 7.05 Å². The quantitative estimate of drug-likeness (QED) is 0.863. The summed E-state index contributed by atoms with van der Waals surface area (Å²) in [4.78, 5) is 15.2. The number of urea groups is 1. The van der Waals surface area contributed by atoms with Crippen LogP contribution in [-0.2, 0) is 6.54 Å². The van der Waals surface area contributed by atoms with E-state index in [1.807, 2.05) is 24.3 Å². The van der Waals surface area contributed by atoms with E-state index in [2.05, 4.69) is 20.8 Å². The zero-order valence-corrected chi connectivity index (χ0v) is 10.6. The van der Waals surface area contributed by atoms with Crippen molar-refractivity contribution in [1.29, 1.82) is 0 Å². The molecule has 0 saturated carbocycles. The van der Waals surface area contributed by atoms with Gasteiger partial charge in [0.2, 0.25) is 11.7 Å². The predicted molar refractivity (Wildman–Crippen MR) is 67.6 cm³/mol. The number of aromatic nitrogens is 2. The van der Waals surface area contributed by atoms with Crippen LogP contribution < -0.4 is 15.4 Å². The molecule has 0 aliphatic rings. The van der Waals surface area contributed by atoms with E-state index in [-0.39, 0.29) is 12.6 Å². The number of nitrogens with one attached hydrogen (secondary N) is 2. The lowest BCUT2D eigenvalue weighted by atomic mass is 10.2. The molecular formula is C12H14N4O3. The summed E-state index contributed by atoms with van der Waals surface area (Å²) >= 11 is 0. The maximum Gasteiger partial charge on any atom is 0.314 e. The Morgan fingerprint density at radius 1 is 1.37 bits per heavy atom. The molecule has 2 N–H and O–H groups in total. The third-order valence-electron chi connectivity index (χ3n) is 2.44. The Bertz CT molecular complexity index is 550. The van der Waals surface area contributed by atoms with Crippen LogP contribution in [0.15, 0.2) is 28.8 Å². The van der Waals surface area contributed by atoms with Crippen LogP contribution in [0.2, 0.25) is 0 Å². The zero-order valence-electron chi connectivity index (χ0n) is 10.6. The first kappa shape index (κ1) is 12.9. The maximum absolute atomic E-state index is 11.0. The normalized spacial score (nSPS) is 10.0. The van der Waals surface area contributed by atoms with E-state index >= 15 is 0 Å². The van der Waals surface area contributed by atoms with Crippen LogP contribution in [0, 0.1) is 0 Å². The smallest absolute Gasteiger partial charge is 0.314 e. The van der Waals surface area contributed by atoms with Crippen LogP contribution >= 0.6 is 0 Å². The van der Waals surface area contributed by atoms with Crippen molar-refractivity contribution in [3.8, 4) is 17.1 Å². The molecule has 0 bridgehead atoms.